The van der Waals surface area contributed by atoms with E-state index in [1.165, 1.54) is 6.26 Å². The number of oxazole rings is 1. The van der Waals surface area contributed by atoms with Crippen molar-refractivity contribution in [1.82, 2.24) is 4.98 Å². The molecule has 0 fully saturated rings. The Labute approximate surface area is 96.4 Å². The summed E-state index contributed by atoms with van der Waals surface area (Å²) in [5, 5.41) is 2.72. The Kier molecular flexibility index (Phi) is 5.02. The minimum atomic E-state index is 0.0190. The summed E-state index contributed by atoms with van der Waals surface area (Å²) in [5.41, 5.74) is 0.776. The molecule has 0 radical (unpaired) electrons. The predicted octanol–water partition coefficient (Wildman–Crippen LogP) is 3.14. The van der Waals surface area contributed by atoms with Gasteiger partial charge in [-0.25, -0.2) is 0 Å². The lowest BCUT2D eigenvalue weighted by molar-refractivity contribution is -0.120. The first-order chi connectivity index (χ1) is 7.67. The van der Waals surface area contributed by atoms with E-state index in [-0.39, 0.29) is 11.8 Å². The summed E-state index contributed by atoms with van der Waals surface area (Å²) in [6.07, 6.45) is 5.40. The molecular formula is C12H20N2O2. The van der Waals surface area contributed by atoms with Gasteiger partial charge in [0, 0.05) is 5.92 Å². The second-order valence-electron chi connectivity index (χ2n) is 4.06. The van der Waals surface area contributed by atoms with Gasteiger partial charge < -0.3 is 4.42 Å². The van der Waals surface area contributed by atoms with Gasteiger partial charge in [-0.15, -0.1) is 0 Å². The summed E-state index contributed by atoms with van der Waals surface area (Å²) in [5.74, 6) is 0.0905. The second-order valence-corrected chi connectivity index (χ2v) is 4.06. The van der Waals surface area contributed by atoms with Gasteiger partial charge in [-0.1, -0.05) is 26.7 Å². The molecule has 90 valence electrons. The van der Waals surface area contributed by atoms with E-state index in [1.54, 1.807) is 0 Å². The van der Waals surface area contributed by atoms with Crippen LogP contribution in [0, 0.1) is 12.8 Å². The normalized spacial score (nSPS) is 10.8. The number of amides is 1. The first kappa shape index (κ1) is 12.7. The smallest absolute Gasteiger partial charge is 0.301 e. The highest BCUT2D eigenvalue weighted by Crippen LogP contribution is 2.16. The molecule has 0 saturated heterocycles. The molecule has 1 N–H and O–H groups in total. The highest BCUT2D eigenvalue weighted by Gasteiger charge is 2.18. The van der Waals surface area contributed by atoms with Crippen molar-refractivity contribution in [3.63, 3.8) is 0 Å². The van der Waals surface area contributed by atoms with E-state index in [9.17, 15) is 4.79 Å². The van der Waals surface area contributed by atoms with Gasteiger partial charge in [-0.05, 0) is 19.8 Å². The molecule has 1 heterocycles. The van der Waals surface area contributed by atoms with Crippen molar-refractivity contribution in [1.29, 1.82) is 0 Å². The Bertz CT molecular complexity index is 328. The Balaban J connectivity index is 2.54. The molecule has 0 spiro atoms. The van der Waals surface area contributed by atoms with Crippen LogP contribution in [0.2, 0.25) is 0 Å². The fourth-order valence-corrected chi connectivity index (χ4v) is 1.72. The third kappa shape index (κ3) is 3.68. The Morgan fingerprint density at radius 1 is 1.44 bits per heavy atom. The lowest BCUT2D eigenvalue weighted by Crippen LogP contribution is -2.22. The Morgan fingerprint density at radius 3 is 2.50 bits per heavy atom. The number of aromatic nitrogens is 1. The summed E-state index contributed by atoms with van der Waals surface area (Å²) < 4.78 is 5.10. The number of hydrogen-bond acceptors (Lipinski definition) is 3. The van der Waals surface area contributed by atoms with E-state index in [0.717, 1.165) is 31.4 Å². The fourth-order valence-electron chi connectivity index (χ4n) is 1.72. The number of nitrogens with one attached hydrogen (secondary N) is 1. The molecule has 0 unspecified atom stereocenters. The van der Waals surface area contributed by atoms with Gasteiger partial charge in [0.15, 0.2) is 0 Å². The molecule has 1 aromatic rings. The molecule has 0 atom stereocenters. The quantitative estimate of drug-likeness (QED) is 0.807. The predicted molar refractivity (Wildman–Crippen MR) is 63.2 cm³/mol. The van der Waals surface area contributed by atoms with Crippen molar-refractivity contribution in [2.45, 2.75) is 46.5 Å². The SMILES string of the molecule is CCCC(CCC)C(=O)Nc1nc(C)co1. The van der Waals surface area contributed by atoms with Gasteiger partial charge in [0.2, 0.25) is 5.91 Å². The van der Waals surface area contributed by atoms with E-state index in [4.69, 9.17) is 4.42 Å². The van der Waals surface area contributed by atoms with Gasteiger partial charge in [0.05, 0.1) is 5.69 Å². The monoisotopic (exact) mass is 224 g/mol. The molecule has 0 aliphatic rings. The molecule has 0 aliphatic heterocycles. The molecule has 0 saturated carbocycles. The summed E-state index contributed by atoms with van der Waals surface area (Å²) in [4.78, 5) is 15.9. The van der Waals surface area contributed by atoms with Crippen molar-refractivity contribution in [2.24, 2.45) is 5.92 Å². The number of hydrogen-bond donors (Lipinski definition) is 1. The Morgan fingerprint density at radius 2 is 2.06 bits per heavy atom. The Hall–Kier alpha value is -1.32. The van der Waals surface area contributed by atoms with Crippen molar-refractivity contribution in [3.8, 4) is 0 Å². The molecule has 4 heteroatoms. The van der Waals surface area contributed by atoms with E-state index in [2.05, 4.69) is 24.1 Å². The van der Waals surface area contributed by atoms with Crippen LogP contribution in [0.1, 0.15) is 45.2 Å². The lowest BCUT2D eigenvalue weighted by Gasteiger charge is -2.13. The number of nitrogens with zero attached hydrogens (tertiary/aromatic N) is 1. The second kappa shape index (κ2) is 6.30. The van der Waals surface area contributed by atoms with E-state index >= 15 is 0 Å². The fraction of sp³-hybridized carbons (Fsp3) is 0.667. The highest BCUT2D eigenvalue weighted by atomic mass is 16.4. The van der Waals surface area contributed by atoms with Gasteiger partial charge >= 0.3 is 6.01 Å². The zero-order valence-electron chi connectivity index (χ0n) is 10.2. The van der Waals surface area contributed by atoms with Crippen LogP contribution in [-0.4, -0.2) is 10.9 Å². The van der Waals surface area contributed by atoms with Gasteiger partial charge in [0.1, 0.15) is 6.26 Å². The van der Waals surface area contributed by atoms with E-state index in [0.29, 0.717) is 6.01 Å². The number of aryl methyl sites for hydroxylation is 1. The van der Waals surface area contributed by atoms with Crippen LogP contribution < -0.4 is 5.32 Å². The number of rotatable bonds is 6. The van der Waals surface area contributed by atoms with Crippen LogP contribution in [0.4, 0.5) is 6.01 Å². The zero-order chi connectivity index (χ0) is 12.0. The standard InChI is InChI=1S/C12H20N2O2/c1-4-6-10(7-5-2)11(15)14-12-13-9(3)8-16-12/h8,10H,4-7H2,1-3H3,(H,13,14,15). The summed E-state index contributed by atoms with van der Waals surface area (Å²) >= 11 is 0. The number of carbonyl (C=O) groups is 1. The zero-order valence-corrected chi connectivity index (χ0v) is 10.2. The van der Waals surface area contributed by atoms with Crippen molar-refractivity contribution >= 4 is 11.9 Å². The minimum absolute atomic E-state index is 0.0190. The maximum absolute atomic E-state index is 11.9. The topological polar surface area (TPSA) is 55.1 Å². The number of anilines is 1. The number of carbonyl (C=O) groups excluding carboxylic acids is 1. The molecular weight excluding hydrogens is 204 g/mol. The maximum atomic E-state index is 11.9. The highest BCUT2D eigenvalue weighted by molar-refractivity contribution is 5.90. The van der Waals surface area contributed by atoms with Crippen LogP contribution in [0.5, 0.6) is 0 Å². The van der Waals surface area contributed by atoms with Crippen molar-refractivity contribution in [2.75, 3.05) is 5.32 Å². The maximum Gasteiger partial charge on any atom is 0.301 e. The largest absolute Gasteiger partial charge is 0.432 e. The summed E-state index contributed by atoms with van der Waals surface area (Å²) in [6.45, 7) is 6.01. The van der Waals surface area contributed by atoms with Crippen LogP contribution in [0.25, 0.3) is 0 Å². The molecule has 4 nitrogen and oxygen atoms in total. The molecule has 1 rings (SSSR count). The molecule has 0 aromatic carbocycles. The lowest BCUT2D eigenvalue weighted by atomic mass is 9.97. The van der Waals surface area contributed by atoms with Gasteiger partial charge in [0.25, 0.3) is 0 Å². The first-order valence-electron chi connectivity index (χ1n) is 5.90. The van der Waals surface area contributed by atoms with Gasteiger partial charge in [-0.2, -0.15) is 4.98 Å². The average Bonchev–Trinajstić information content (AvgIpc) is 2.63. The van der Waals surface area contributed by atoms with Crippen LogP contribution in [0.15, 0.2) is 10.7 Å². The molecule has 1 aromatic heterocycles. The van der Waals surface area contributed by atoms with E-state index in [1.807, 2.05) is 6.92 Å². The third-order valence-corrected chi connectivity index (χ3v) is 2.49. The summed E-state index contributed by atoms with van der Waals surface area (Å²) in [6, 6.07) is 0.305. The summed E-state index contributed by atoms with van der Waals surface area (Å²) in [7, 11) is 0. The van der Waals surface area contributed by atoms with Crippen molar-refractivity contribution < 1.29 is 9.21 Å². The third-order valence-electron chi connectivity index (χ3n) is 2.49. The molecule has 0 bridgehead atoms. The first-order valence-corrected chi connectivity index (χ1v) is 5.90. The van der Waals surface area contributed by atoms with Crippen LogP contribution >= 0.6 is 0 Å². The molecule has 1 amide bonds. The van der Waals surface area contributed by atoms with Crippen LogP contribution in [-0.2, 0) is 4.79 Å². The van der Waals surface area contributed by atoms with E-state index < -0.39 is 0 Å². The average molecular weight is 224 g/mol. The van der Waals surface area contributed by atoms with Crippen LogP contribution in [0.3, 0.4) is 0 Å². The molecule has 0 aliphatic carbocycles. The molecule has 16 heavy (non-hydrogen) atoms. The minimum Gasteiger partial charge on any atom is -0.432 e. The van der Waals surface area contributed by atoms with Gasteiger partial charge in [-0.3, -0.25) is 10.1 Å². The van der Waals surface area contributed by atoms with Crippen molar-refractivity contribution in [3.05, 3.63) is 12.0 Å².